The average molecular weight is 368 g/mol. The highest BCUT2D eigenvalue weighted by molar-refractivity contribution is 5.96. The number of rotatable bonds is 5. The van der Waals surface area contributed by atoms with Gasteiger partial charge < -0.3 is 9.73 Å². The maximum Gasteiger partial charge on any atom is 0.230 e. The number of aromatic nitrogens is 1. The standard InChI is InChI=1S/C24H20N2O2/c1-17-22(26-24(28-17)19-12-6-3-7-13-19)16-23(27)25-21-15-9-8-14-20(21)18-10-4-2-5-11-18/h2-15H,16H2,1H3,(H,25,27). The molecule has 0 fully saturated rings. The Labute approximate surface area is 163 Å². The highest BCUT2D eigenvalue weighted by atomic mass is 16.4. The average Bonchev–Trinajstić information content (AvgIpc) is 3.10. The third kappa shape index (κ3) is 3.86. The van der Waals surface area contributed by atoms with Crippen LogP contribution in [0.25, 0.3) is 22.6 Å². The molecule has 0 bridgehead atoms. The molecule has 4 nitrogen and oxygen atoms in total. The zero-order valence-corrected chi connectivity index (χ0v) is 15.6. The van der Waals surface area contributed by atoms with E-state index in [1.165, 1.54) is 0 Å². The topological polar surface area (TPSA) is 55.1 Å². The van der Waals surface area contributed by atoms with Crippen molar-refractivity contribution in [2.24, 2.45) is 0 Å². The molecule has 4 heteroatoms. The SMILES string of the molecule is Cc1oc(-c2ccccc2)nc1CC(=O)Nc1ccccc1-c1ccccc1. The highest BCUT2D eigenvalue weighted by Gasteiger charge is 2.15. The summed E-state index contributed by atoms with van der Waals surface area (Å²) in [4.78, 5) is 17.2. The molecular formula is C24H20N2O2. The van der Waals surface area contributed by atoms with E-state index in [-0.39, 0.29) is 12.3 Å². The molecule has 3 aromatic carbocycles. The van der Waals surface area contributed by atoms with E-state index in [9.17, 15) is 4.79 Å². The number of anilines is 1. The van der Waals surface area contributed by atoms with Crippen molar-refractivity contribution in [2.45, 2.75) is 13.3 Å². The van der Waals surface area contributed by atoms with Crippen molar-refractivity contribution >= 4 is 11.6 Å². The maximum atomic E-state index is 12.7. The number of nitrogens with zero attached hydrogens (tertiary/aromatic N) is 1. The molecule has 0 saturated heterocycles. The molecule has 4 rings (SSSR count). The Kier molecular flexibility index (Phi) is 5.02. The number of carbonyl (C=O) groups excluding carboxylic acids is 1. The third-order valence-electron chi connectivity index (χ3n) is 4.53. The van der Waals surface area contributed by atoms with Crippen molar-refractivity contribution in [1.82, 2.24) is 4.98 Å². The highest BCUT2D eigenvalue weighted by Crippen LogP contribution is 2.28. The van der Waals surface area contributed by atoms with Gasteiger partial charge in [0.25, 0.3) is 0 Å². The second-order valence-electron chi connectivity index (χ2n) is 6.52. The van der Waals surface area contributed by atoms with E-state index in [1.54, 1.807) is 0 Å². The summed E-state index contributed by atoms with van der Waals surface area (Å²) in [7, 11) is 0. The quantitative estimate of drug-likeness (QED) is 0.506. The molecule has 0 saturated carbocycles. The lowest BCUT2D eigenvalue weighted by Gasteiger charge is -2.11. The first kappa shape index (κ1) is 17.7. The number of hydrogen-bond acceptors (Lipinski definition) is 3. The molecular weight excluding hydrogens is 348 g/mol. The first-order chi connectivity index (χ1) is 13.7. The fourth-order valence-corrected chi connectivity index (χ4v) is 3.10. The Hall–Kier alpha value is -3.66. The number of para-hydroxylation sites is 1. The van der Waals surface area contributed by atoms with Crippen molar-refractivity contribution < 1.29 is 9.21 Å². The summed E-state index contributed by atoms with van der Waals surface area (Å²) in [5.41, 5.74) is 4.36. The van der Waals surface area contributed by atoms with E-state index in [2.05, 4.69) is 10.3 Å². The van der Waals surface area contributed by atoms with Crippen LogP contribution >= 0.6 is 0 Å². The van der Waals surface area contributed by atoms with Crippen LogP contribution < -0.4 is 5.32 Å². The smallest absolute Gasteiger partial charge is 0.230 e. The minimum absolute atomic E-state index is 0.126. The van der Waals surface area contributed by atoms with Crippen LogP contribution in [0.1, 0.15) is 11.5 Å². The lowest BCUT2D eigenvalue weighted by Crippen LogP contribution is -2.15. The Bertz CT molecular complexity index is 1090. The van der Waals surface area contributed by atoms with E-state index < -0.39 is 0 Å². The lowest BCUT2D eigenvalue weighted by atomic mass is 10.0. The van der Waals surface area contributed by atoms with Gasteiger partial charge in [0.1, 0.15) is 5.76 Å². The number of hydrogen-bond donors (Lipinski definition) is 1. The monoisotopic (exact) mass is 368 g/mol. The van der Waals surface area contributed by atoms with E-state index in [0.717, 1.165) is 22.4 Å². The van der Waals surface area contributed by atoms with Gasteiger partial charge >= 0.3 is 0 Å². The van der Waals surface area contributed by atoms with Crippen molar-refractivity contribution in [3.8, 4) is 22.6 Å². The minimum Gasteiger partial charge on any atom is -0.441 e. The summed E-state index contributed by atoms with van der Waals surface area (Å²) in [5.74, 6) is 1.07. The molecule has 4 aromatic rings. The molecule has 0 spiro atoms. The number of carbonyl (C=O) groups is 1. The maximum absolute atomic E-state index is 12.7. The van der Waals surface area contributed by atoms with Crippen molar-refractivity contribution in [2.75, 3.05) is 5.32 Å². The van der Waals surface area contributed by atoms with Gasteiger partial charge in [-0.1, -0.05) is 66.7 Å². The van der Waals surface area contributed by atoms with Crippen LogP contribution in [0.5, 0.6) is 0 Å². The van der Waals surface area contributed by atoms with Crippen LogP contribution in [-0.4, -0.2) is 10.9 Å². The van der Waals surface area contributed by atoms with Crippen LogP contribution in [-0.2, 0) is 11.2 Å². The summed E-state index contributed by atoms with van der Waals surface area (Å²) >= 11 is 0. The van der Waals surface area contributed by atoms with Crippen LogP contribution in [0.4, 0.5) is 5.69 Å². The number of benzene rings is 3. The second-order valence-corrected chi connectivity index (χ2v) is 6.52. The summed E-state index contributed by atoms with van der Waals surface area (Å²) in [5, 5.41) is 3.01. The normalized spacial score (nSPS) is 10.6. The number of nitrogens with one attached hydrogen (secondary N) is 1. The summed E-state index contributed by atoms with van der Waals surface area (Å²) in [6.45, 7) is 1.83. The summed E-state index contributed by atoms with van der Waals surface area (Å²) < 4.78 is 5.75. The molecule has 138 valence electrons. The fraction of sp³-hybridized carbons (Fsp3) is 0.0833. The number of oxazole rings is 1. The predicted octanol–water partition coefficient (Wildman–Crippen LogP) is 5.50. The first-order valence-corrected chi connectivity index (χ1v) is 9.17. The van der Waals surface area contributed by atoms with Crippen LogP contribution in [0, 0.1) is 6.92 Å². The molecule has 0 aliphatic rings. The minimum atomic E-state index is -0.126. The molecule has 1 amide bonds. The Morgan fingerprint density at radius 3 is 2.18 bits per heavy atom. The van der Waals surface area contributed by atoms with Gasteiger partial charge in [0.05, 0.1) is 12.1 Å². The molecule has 0 aliphatic carbocycles. The van der Waals surface area contributed by atoms with Crippen molar-refractivity contribution in [3.63, 3.8) is 0 Å². The van der Waals surface area contributed by atoms with Crippen LogP contribution in [0.3, 0.4) is 0 Å². The number of aryl methyl sites for hydroxylation is 1. The first-order valence-electron chi connectivity index (χ1n) is 9.17. The Morgan fingerprint density at radius 1 is 0.857 bits per heavy atom. The van der Waals surface area contributed by atoms with Gasteiger partial charge in [-0.25, -0.2) is 4.98 Å². The molecule has 1 aromatic heterocycles. The van der Waals surface area contributed by atoms with Gasteiger partial charge in [-0.2, -0.15) is 0 Å². The van der Waals surface area contributed by atoms with E-state index >= 15 is 0 Å². The van der Waals surface area contributed by atoms with Gasteiger partial charge in [-0.3, -0.25) is 4.79 Å². The zero-order valence-electron chi connectivity index (χ0n) is 15.6. The van der Waals surface area contributed by atoms with Gasteiger partial charge in [0.2, 0.25) is 11.8 Å². The molecule has 1 heterocycles. The van der Waals surface area contributed by atoms with E-state index in [0.29, 0.717) is 17.3 Å². The predicted molar refractivity (Wildman–Crippen MR) is 111 cm³/mol. The largest absolute Gasteiger partial charge is 0.441 e. The Morgan fingerprint density at radius 2 is 1.46 bits per heavy atom. The van der Waals surface area contributed by atoms with Gasteiger partial charge in [0, 0.05) is 16.8 Å². The van der Waals surface area contributed by atoms with Gasteiger partial charge in [0.15, 0.2) is 0 Å². The molecule has 0 unspecified atom stereocenters. The van der Waals surface area contributed by atoms with Gasteiger partial charge in [-0.05, 0) is 30.7 Å². The summed E-state index contributed by atoms with van der Waals surface area (Å²) in [6.07, 6.45) is 0.158. The van der Waals surface area contributed by atoms with Crippen molar-refractivity contribution in [1.29, 1.82) is 0 Å². The third-order valence-corrected chi connectivity index (χ3v) is 4.53. The van der Waals surface area contributed by atoms with Gasteiger partial charge in [-0.15, -0.1) is 0 Å². The second kappa shape index (κ2) is 7.92. The molecule has 28 heavy (non-hydrogen) atoms. The Balaban J connectivity index is 1.53. The van der Waals surface area contributed by atoms with Crippen LogP contribution in [0.15, 0.2) is 89.3 Å². The molecule has 1 N–H and O–H groups in total. The zero-order chi connectivity index (χ0) is 19.3. The van der Waals surface area contributed by atoms with Crippen LogP contribution in [0.2, 0.25) is 0 Å². The molecule has 0 atom stereocenters. The van der Waals surface area contributed by atoms with Crippen molar-refractivity contribution in [3.05, 3.63) is 96.4 Å². The molecule has 0 aliphatic heterocycles. The van der Waals surface area contributed by atoms with E-state index in [1.807, 2.05) is 91.9 Å². The van der Waals surface area contributed by atoms with E-state index in [4.69, 9.17) is 4.42 Å². The lowest BCUT2D eigenvalue weighted by molar-refractivity contribution is -0.115. The fourth-order valence-electron chi connectivity index (χ4n) is 3.10. The number of amides is 1. The summed E-state index contributed by atoms with van der Waals surface area (Å²) in [6, 6.07) is 27.5. The molecule has 0 radical (unpaired) electrons.